The van der Waals surface area contributed by atoms with Crippen LogP contribution in [-0.4, -0.2) is 16.8 Å². The van der Waals surface area contributed by atoms with Gasteiger partial charge in [0.05, 0.1) is 5.02 Å². The molecule has 1 aromatic carbocycles. The summed E-state index contributed by atoms with van der Waals surface area (Å²) in [5.41, 5.74) is -2.98. The van der Waals surface area contributed by atoms with E-state index in [1.165, 1.54) is 0 Å². The summed E-state index contributed by atoms with van der Waals surface area (Å²) in [4.78, 5) is 0. The zero-order valence-corrected chi connectivity index (χ0v) is 8.57. The third-order valence-corrected chi connectivity index (χ3v) is 1.96. The van der Waals surface area contributed by atoms with Crippen molar-refractivity contribution in [3.63, 3.8) is 0 Å². The molecule has 7 heteroatoms. The summed E-state index contributed by atoms with van der Waals surface area (Å²) < 4.78 is 41.5. The minimum absolute atomic E-state index is 0.224. The summed E-state index contributed by atoms with van der Waals surface area (Å²) >= 11 is 10.0. The van der Waals surface area contributed by atoms with Gasteiger partial charge in [-0.1, -0.05) is 23.2 Å². The van der Waals surface area contributed by atoms with E-state index in [4.69, 9.17) is 16.7 Å². The van der Waals surface area contributed by atoms with Gasteiger partial charge in [0, 0.05) is 6.07 Å². The van der Waals surface area contributed by atoms with Crippen LogP contribution in [-0.2, 0) is 0 Å². The van der Waals surface area contributed by atoms with Gasteiger partial charge in [-0.15, -0.1) is 0 Å². The summed E-state index contributed by atoms with van der Waals surface area (Å²) in [6, 6.07) is 3.03. The average molecular weight is 261 g/mol. The Morgan fingerprint density at radius 2 is 2.00 bits per heavy atom. The van der Waals surface area contributed by atoms with Crippen molar-refractivity contribution in [1.29, 1.82) is 0 Å². The molecule has 0 amide bonds. The predicted octanol–water partition coefficient (Wildman–Crippen LogP) is 3.55. The Morgan fingerprint density at radius 1 is 1.40 bits per heavy atom. The van der Waals surface area contributed by atoms with Crippen molar-refractivity contribution in [3.8, 4) is 11.5 Å². The summed E-state index contributed by atoms with van der Waals surface area (Å²) in [5, 5.41) is 8.65. The highest BCUT2D eigenvalue weighted by Crippen LogP contribution is 2.34. The third-order valence-electron chi connectivity index (χ3n) is 1.42. The molecule has 0 spiro atoms. The molecule has 0 heterocycles. The maximum atomic E-state index is 12.7. The van der Waals surface area contributed by atoms with Gasteiger partial charge in [-0.2, -0.15) is 8.78 Å². The van der Waals surface area contributed by atoms with E-state index in [-0.39, 0.29) is 10.8 Å². The molecular formula is C8H5Cl2F3O2. The van der Waals surface area contributed by atoms with Gasteiger partial charge >= 0.3 is 6.11 Å². The quantitative estimate of drug-likeness (QED) is 0.843. The number of hydrogen-bond acceptors (Lipinski definition) is 2. The molecule has 0 radical (unpaired) electrons. The lowest BCUT2D eigenvalue weighted by molar-refractivity contribution is -0.198. The van der Waals surface area contributed by atoms with Gasteiger partial charge in [0.1, 0.15) is 11.5 Å². The molecule has 84 valence electrons. The SMILES string of the molecule is Oc1ccc(OC(F)(F)C(F)Cl)c(Cl)c1. The van der Waals surface area contributed by atoms with Crippen molar-refractivity contribution in [1.82, 2.24) is 0 Å². The molecule has 1 rings (SSSR count). The lowest BCUT2D eigenvalue weighted by atomic mass is 10.3. The predicted molar refractivity (Wildman–Crippen MR) is 49.4 cm³/mol. The van der Waals surface area contributed by atoms with E-state index >= 15 is 0 Å². The monoisotopic (exact) mass is 260 g/mol. The third kappa shape index (κ3) is 3.07. The maximum absolute atomic E-state index is 12.7. The summed E-state index contributed by atoms with van der Waals surface area (Å²) in [7, 11) is 0. The molecule has 0 bridgehead atoms. The fourth-order valence-electron chi connectivity index (χ4n) is 0.764. The van der Waals surface area contributed by atoms with Crippen LogP contribution in [0.15, 0.2) is 18.2 Å². The van der Waals surface area contributed by atoms with Gasteiger partial charge in [-0.3, -0.25) is 0 Å². The number of rotatable bonds is 3. The van der Waals surface area contributed by atoms with E-state index in [9.17, 15) is 13.2 Å². The normalized spacial score (nSPS) is 13.7. The van der Waals surface area contributed by atoms with Crippen molar-refractivity contribution in [3.05, 3.63) is 23.2 Å². The molecule has 0 fully saturated rings. The number of benzene rings is 1. The molecular weight excluding hydrogens is 256 g/mol. The van der Waals surface area contributed by atoms with Crippen LogP contribution < -0.4 is 4.74 Å². The topological polar surface area (TPSA) is 29.5 Å². The van der Waals surface area contributed by atoms with Crippen LogP contribution in [0.5, 0.6) is 11.5 Å². The Bertz CT molecular complexity index is 358. The molecule has 0 aliphatic heterocycles. The number of phenolic OH excluding ortho intramolecular Hbond substituents is 1. The number of alkyl halides is 4. The van der Waals surface area contributed by atoms with E-state index in [2.05, 4.69) is 16.3 Å². The Kier molecular flexibility index (Phi) is 3.57. The minimum Gasteiger partial charge on any atom is -0.508 e. The molecule has 0 saturated carbocycles. The average Bonchev–Trinajstić information content (AvgIpc) is 2.09. The number of aromatic hydroxyl groups is 1. The van der Waals surface area contributed by atoms with Gasteiger partial charge in [0.15, 0.2) is 0 Å². The van der Waals surface area contributed by atoms with Crippen LogP contribution in [0.1, 0.15) is 0 Å². The summed E-state index contributed by atoms with van der Waals surface area (Å²) in [5.74, 6) is -0.693. The van der Waals surface area contributed by atoms with Crippen molar-refractivity contribution < 1.29 is 23.0 Å². The number of ether oxygens (including phenoxy) is 1. The molecule has 1 N–H and O–H groups in total. The molecule has 1 aromatic rings. The second-order valence-electron chi connectivity index (χ2n) is 2.58. The number of halogens is 5. The highest BCUT2D eigenvalue weighted by atomic mass is 35.5. The molecule has 1 unspecified atom stereocenters. The number of hydrogen-bond donors (Lipinski definition) is 1. The molecule has 1 atom stereocenters. The Morgan fingerprint density at radius 3 is 2.47 bits per heavy atom. The van der Waals surface area contributed by atoms with E-state index in [0.29, 0.717) is 0 Å². The van der Waals surface area contributed by atoms with Crippen molar-refractivity contribution in [2.45, 2.75) is 11.7 Å². The second-order valence-corrected chi connectivity index (χ2v) is 3.37. The largest absolute Gasteiger partial charge is 0.508 e. The summed E-state index contributed by atoms with van der Waals surface area (Å²) in [6.07, 6.45) is -4.18. The van der Waals surface area contributed by atoms with Crippen molar-refractivity contribution in [2.24, 2.45) is 0 Å². The zero-order valence-electron chi connectivity index (χ0n) is 7.05. The van der Waals surface area contributed by atoms with E-state index in [1.54, 1.807) is 0 Å². The van der Waals surface area contributed by atoms with Crippen LogP contribution in [0.2, 0.25) is 5.02 Å². The Labute approximate surface area is 93.2 Å². The maximum Gasteiger partial charge on any atom is 0.444 e. The second kappa shape index (κ2) is 4.37. The van der Waals surface area contributed by atoms with Gasteiger partial charge < -0.3 is 9.84 Å². The van der Waals surface area contributed by atoms with Crippen molar-refractivity contribution >= 4 is 23.2 Å². The van der Waals surface area contributed by atoms with Crippen LogP contribution in [0.25, 0.3) is 0 Å². The molecule has 0 aromatic heterocycles. The highest BCUT2D eigenvalue weighted by Gasteiger charge is 2.42. The van der Waals surface area contributed by atoms with E-state index in [0.717, 1.165) is 18.2 Å². The fourth-order valence-corrected chi connectivity index (χ4v) is 1.02. The molecule has 0 saturated heterocycles. The molecule has 15 heavy (non-hydrogen) atoms. The fraction of sp³-hybridized carbons (Fsp3) is 0.250. The molecule has 0 aliphatic rings. The van der Waals surface area contributed by atoms with E-state index < -0.39 is 17.5 Å². The van der Waals surface area contributed by atoms with Gasteiger partial charge in [0.2, 0.25) is 0 Å². The van der Waals surface area contributed by atoms with Crippen LogP contribution in [0.4, 0.5) is 13.2 Å². The lowest BCUT2D eigenvalue weighted by Crippen LogP contribution is -2.32. The van der Waals surface area contributed by atoms with Crippen LogP contribution >= 0.6 is 23.2 Å². The molecule has 0 aliphatic carbocycles. The smallest absolute Gasteiger partial charge is 0.444 e. The number of phenols is 1. The van der Waals surface area contributed by atoms with Crippen LogP contribution in [0.3, 0.4) is 0 Å². The van der Waals surface area contributed by atoms with Gasteiger partial charge in [-0.25, -0.2) is 4.39 Å². The van der Waals surface area contributed by atoms with Crippen LogP contribution in [0, 0.1) is 0 Å². The first-order chi connectivity index (χ1) is 6.83. The minimum atomic E-state index is -4.18. The Hall–Kier alpha value is -0.810. The van der Waals surface area contributed by atoms with Crippen molar-refractivity contribution in [2.75, 3.05) is 0 Å². The first kappa shape index (κ1) is 12.3. The van der Waals surface area contributed by atoms with Gasteiger partial charge in [-0.05, 0) is 12.1 Å². The highest BCUT2D eigenvalue weighted by molar-refractivity contribution is 6.32. The first-order valence-corrected chi connectivity index (χ1v) is 4.48. The first-order valence-electron chi connectivity index (χ1n) is 3.66. The zero-order chi connectivity index (χ0) is 11.6. The Balaban J connectivity index is 2.90. The summed E-state index contributed by atoms with van der Waals surface area (Å²) in [6.45, 7) is 0. The molecule has 2 nitrogen and oxygen atoms in total. The lowest BCUT2D eigenvalue weighted by Gasteiger charge is -2.18. The standard InChI is InChI=1S/C8H5Cl2F3O2/c9-5-3-4(14)1-2-6(5)15-8(12,13)7(10)11/h1-3,7,14H. The van der Waals surface area contributed by atoms with E-state index in [1.807, 2.05) is 0 Å². The van der Waals surface area contributed by atoms with Gasteiger partial charge in [0.25, 0.3) is 5.63 Å².